The molecule has 6 aromatic carbocycles. The van der Waals surface area contributed by atoms with Gasteiger partial charge in [-0.25, -0.2) is 17.6 Å². The fraction of sp³-hybridized carbons (Fsp3) is 0.174. The van der Waals surface area contributed by atoms with E-state index in [1.54, 1.807) is 0 Å². The average Bonchev–Trinajstić information content (AvgIpc) is 3.55. The summed E-state index contributed by atoms with van der Waals surface area (Å²) in [4.78, 5) is 7.76. The predicted octanol–water partition coefficient (Wildman–Crippen LogP) is 13.1. The summed E-state index contributed by atoms with van der Waals surface area (Å²) in [6, 6.07) is 29.2. The summed E-state index contributed by atoms with van der Waals surface area (Å²) in [6.45, 7) is 16.0. The van der Waals surface area contributed by atoms with Crippen molar-refractivity contribution in [3.63, 3.8) is 0 Å². The molecular weight excluding hydrogens is 685 g/mol. The van der Waals surface area contributed by atoms with Crippen molar-refractivity contribution in [3.8, 4) is 0 Å². The minimum absolute atomic E-state index is 0.412. The standard InChI is InChI=1S/C46H40F4N4/c1-25-9-26(2)14-33(13-25)51-41-21-37(47)38(48)22-42(41)52(34-15-27(3)10-28(4)16-34)45(51)46-53(35-17-29(5)11-30(6)18-35)43-23-39(49)40(50)24-44(43)54(46)36-19-31(7)12-32(8)20-36/h9-24H,1-8H3. The van der Waals surface area contributed by atoms with E-state index in [4.69, 9.17) is 0 Å². The van der Waals surface area contributed by atoms with Crippen molar-refractivity contribution in [1.82, 2.24) is 0 Å². The van der Waals surface area contributed by atoms with Crippen LogP contribution in [0.3, 0.4) is 0 Å². The first-order valence-corrected chi connectivity index (χ1v) is 17.9. The SMILES string of the molecule is Cc1cc(C)cc(N2C(=C3N(c4cc(C)cc(C)c4)c4cc(F)c(F)cc4N3c3cc(C)cc(C)c3)N(c3cc(C)cc(C)c3)c3cc(F)c(F)cc32)c1. The van der Waals surface area contributed by atoms with Crippen LogP contribution in [0.5, 0.6) is 0 Å². The lowest BCUT2D eigenvalue weighted by atomic mass is 10.1. The van der Waals surface area contributed by atoms with Gasteiger partial charge < -0.3 is 0 Å². The maximum absolute atomic E-state index is 15.6. The Morgan fingerprint density at radius 1 is 0.259 bits per heavy atom. The Hall–Kier alpha value is -6.02. The van der Waals surface area contributed by atoms with Crippen LogP contribution in [0.25, 0.3) is 0 Å². The molecule has 0 fully saturated rings. The van der Waals surface area contributed by atoms with E-state index in [9.17, 15) is 0 Å². The normalized spacial score (nSPS) is 13.7. The van der Waals surface area contributed by atoms with Crippen molar-refractivity contribution in [2.45, 2.75) is 55.4 Å². The van der Waals surface area contributed by atoms with Gasteiger partial charge in [-0.3, -0.25) is 19.6 Å². The number of aryl methyl sites for hydroxylation is 8. The van der Waals surface area contributed by atoms with Gasteiger partial charge in [-0.05, 0) is 148 Å². The molecule has 0 unspecified atom stereocenters. The van der Waals surface area contributed by atoms with E-state index < -0.39 is 23.3 Å². The Balaban J connectivity index is 1.61. The molecule has 0 radical (unpaired) electrons. The van der Waals surface area contributed by atoms with Crippen LogP contribution < -0.4 is 19.6 Å². The molecule has 2 aliphatic heterocycles. The third-order valence-corrected chi connectivity index (χ3v) is 9.90. The number of nitrogens with zero attached hydrogens (tertiary/aromatic N) is 4. The minimum Gasteiger partial charge on any atom is -0.291 e. The maximum Gasteiger partial charge on any atom is 0.166 e. The number of benzene rings is 6. The number of halogens is 4. The van der Waals surface area contributed by atoms with Gasteiger partial charge in [0.1, 0.15) is 0 Å². The van der Waals surface area contributed by atoms with Crippen molar-refractivity contribution in [2.75, 3.05) is 19.6 Å². The highest BCUT2D eigenvalue weighted by Crippen LogP contribution is 2.58. The molecule has 0 atom stereocenters. The van der Waals surface area contributed by atoms with Crippen LogP contribution in [0.15, 0.2) is 109 Å². The zero-order valence-corrected chi connectivity index (χ0v) is 31.5. The number of hydrogen-bond acceptors (Lipinski definition) is 4. The fourth-order valence-electron chi connectivity index (χ4n) is 8.19. The maximum atomic E-state index is 15.6. The predicted molar refractivity (Wildman–Crippen MR) is 212 cm³/mol. The molecule has 0 spiro atoms. The summed E-state index contributed by atoms with van der Waals surface area (Å²) < 4.78 is 62.4. The van der Waals surface area contributed by atoms with Gasteiger partial charge in [0.05, 0.1) is 22.7 Å². The number of fused-ring (bicyclic) bond motifs is 2. The zero-order chi connectivity index (χ0) is 38.3. The van der Waals surface area contributed by atoms with Gasteiger partial charge in [0.2, 0.25) is 0 Å². The van der Waals surface area contributed by atoms with E-state index in [2.05, 4.69) is 24.3 Å². The van der Waals surface area contributed by atoms with Crippen LogP contribution in [-0.4, -0.2) is 0 Å². The first-order valence-electron chi connectivity index (χ1n) is 17.9. The topological polar surface area (TPSA) is 13.0 Å². The van der Waals surface area contributed by atoms with E-state index in [0.29, 0.717) is 57.1 Å². The Morgan fingerprint density at radius 2 is 0.426 bits per heavy atom. The van der Waals surface area contributed by atoms with Crippen LogP contribution in [0.1, 0.15) is 44.5 Å². The summed E-state index contributed by atoms with van der Waals surface area (Å²) in [6.07, 6.45) is 0. The molecule has 54 heavy (non-hydrogen) atoms. The molecule has 272 valence electrons. The second-order valence-electron chi connectivity index (χ2n) is 14.9. The molecule has 0 saturated carbocycles. The summed E-state index contributed by atoms with van der Waals surface area (Å²) in [5.41, 5.74) is 12.3. The van der Waals surface area contributed by atoms with Gasteiger partial charge >= 0.3 is 0 Å². The lowest BCUT2D eigenvalue weighted by Gasteiger charge is -2.35. The lowest BCUT2D eigenvalue weighted by molar-refractivity contribution is 0.509. The van der Waals surface area contributed by atoms with Crippen LogP contribution in [0.2, 0.25) is 0 Å². The zero-order valence-electron chi connectivity index (χ0n) is 31.5. The number of anilines is 8. The van der Waals surface area contributed by atoms with Gasteiger partial charge in [-0.15, -0.1) is 0 Å². The first kappa shape index (κ1) is 35.0. The van der Waals surface area contributed by atoms with Gasteiger partial charge in [0.15, 0.2) is 34.9 Å². The summed E-state index contributed by atoms with van der Waals surface area (Å²) >= 11 is 0. The number of rotatable bonds is 4. The molecule has 2 aliphatic rings. The smallest absolute Gasteiger partial charge is 0.166 e. The molecule has 0 aromatic heterocycles. The van der Waals surface area contributed by atoms with Gasteiger partial charge in [-0.2, -0.15) is 0 Å². The highest BCUT2D eigenvalue weighted by atomic mass is 19.2. The first-order chi connectivity index (χ1) is 25.7. The van der Waals surface area contributed by atoms with E-state index >= 15 is 17.6 Å². The van der Waals surface area contributed by atoms with Crippen molar-refractivity contribution in [1.29, 1.82) is 0 Å². The second-order valence-corrected chi connectivity index (χ2v) is 14.9. The van der Waals surface area contributed by atoms with Crippen molar-refractivity contribution >= 4 is 45.5 Å². The highest BCUT2D eigenvalue weighted by Gasteiger charge is 2.45. The van der Waals surface area contributed by atoms with Crippen LogP contribution in [-0.2, 0) is 0 Å². The molecule has 0 N–H and O–H groups in total. The molecule has 0 bridgehead atoms. The summed E-state index contributed by atoms with van der Waals surface area (Å²) in [7, 11) is 0. The Bertz CT molecular complexity index is 2140. The van der Waals surface area contributed by atoms with Crippen molar-refractivity contribution < 1.29 is 17.6 Å². The van der Waals surface area contributed by atoms with E-state index in [0.717, 1.165) is 44.5 Å². The van der Waals surface area contributed by atoms with Gasteiger partial charge in [-0.1, -0.05) is 24.3 Å². The lowest BCUT2D eigenvalue weighted by Crippen LogP contribution is -2.33. The molecular formula is C46H40F4N4. The third kappa shape index (κ3) is 5.86. The van der Waals surface area contributed by atoms with Gasteiger partial charge in [0.25, 0.3) is 0 Å². The highest BCUT2D eigenvalue weighted by molar-refractivity contribution is 6.00. The molecule has 0 amide bonds. The molecule has 0 saturated heterocycles. The Kier molecular flexibility index (Phi) is 8.32. The minimum atomic E-state index is -0.995. The van der Waals surface area contributed by atoms with Crippen LogP contribution in [0, 0.1) is 78.7 Å². The van der Waals surface area contributed by atoms with Crippen molar-refractivity contribution in [2.24, 2.45) is 0 Å². The van der Waals surface area contributed by atoms with Crippen LogP contribution >= 0.6 is 0 Å². The number of hydrogen-bond donors (Lipinski definition) is 0. The molecule has 2 heterocycles. The largest absolute Gasteiger partial charge is 0.291 e. The Labute approximate surface area is 313 Å². The van der Waals surface area contributed by atoms with E-state index in [1.807, 2.05) is 124 Å². The molecule has 6 aromatic rings. The molecule has 4 nitrogen and oxygen atoms in total. The fourth-order valence-corrected chi connectivity index (χ4v) is 8.19. The Morgan fingerprint density at radius 3 is 0.593 bits per heavy atom. The molecule has 8 heteroatoms. The molecule has 0 aliphatic carbocycles. The third-order valence-electron chi connectivity index (χ3n) is 9.90. The van der Waals surface area contributed by atoms with Gasteiger partial charge in [0, 0.05) is 47.0 Å². The van der Waals surface area contributed by atoms with Crippen molar-refractivity contribution in [3.05, 3.63) is 176 Å². The monoisotopic (exact) mass is 724 g/mol. The second kappa shape index (κ2) is 12.8. The quantitative estimate of drug-likeness (QED) is 0.168. The van der Waals surface area contributed by atoms with E-state index in [-0.39, 0.29) is 0 Å². The average molecular weight is 725 g/mol. The summed E-state index contributed by atoms with van der Waals surface area (Å²) in [5.74, 6) is -2.95. The molecule has 8 rings (SSSR count). The van der Waals surface area contributed by atoms with Crippen LogP contribution in [0.4, 0.5) is 63.1 Å². The summed E-state index contributed by atoms with van der Waals surface area (Å²) in [5, 5.41) is 0. The van der Waals surface area contributed by atoms with E-state index in [1.165, 1.54) is 24.3 Å².